The highest BCUT2D eigenvalue weighted by Gasteiger charge is 2.36. The van der Waals surface area contributed by atoms with Gasteiger partial charge in [-0.2, -0.15) is 9.59 Å². The lowest BCUT2D eigenvalue weighted by atomic mass is 10.2. The second-order valence-electron chi connectivity index (χ2n) is 6.47. The molecule has 0 aliphatic heterocycles. The number of ether oxygens (including phenoxy) is 1. The van der Waals surface area contributed by atoms with E-state index in [1.165, 1.54) is 5.56 Å². The molecule has 6 heteroatoms. The van der Waals surface area contributed by atoms with Crippen LogP contribution in [0.3, 0.4) is 0 Å². The van der Waals surface area contributed by atoms with Crippen molar-refractivity contribution in [3.8, 4) is 5.75 Å². The molecule has 0 saturated heterocycles. The van der Waals surface area contributed by atoms with Gasteiger partial charge in [0.1, 0.15) is 12.4 Å². The summed E-state index contributed by atoms with van der Waals surface area (Å²) in [6.45, 7) is 14.6. The van der Waals surface area contributed by atoms with Gasteiger partial charge in [0.05, 0.1) is 11.1 Å². The number of benzene rings is 1. The standard InChI is InChI=1S/C15H25BrO2Si.CO2/c1-12-7-8-13(16)14(11-12)17-9-10-18-19(5,6)15(2,3)4;2-1-3/h7-8,11H,9-10H2,1-6H3;. The maximum absolute atomic E-state index is 8.12. The van der Waals surface area contributed by atoms with E-state index >= 15 is 0 Å². The normalized spacial score (nSPS) is 11.2. The van der Waals surface area contributed by atoms with Crippen molar-refractivity contribution in [2.45, 2.75) is 45.8 Å². The Balaban J connectivity index is 0.00000135. The number of halogens is 1. The number of rotatable bonds is 5. The van der Waals surface area contributed by atoms with Gasteiger partial charge in [0.15, 0.2) is 8.32 Å². The fourth-order valence-corrected chi connectivity index (χ4v) is 2.77. The lowest BCUT2D eigenvalue weighted by molar-refractivity contribution is -0.191. The molecule has 0 amide bonds. The molecule has 1 aromatic carbocycles. The third-order valence-corrected chi connectivity index (χ3v) is 8.89. The summed E-state index contributed by atoms with van der Waals surface area (Å²) in [4.78, 5) is 16.2. The van der Waals surface area contributed by atoms with Gasteiger partial charge in [0.2, 0.25) is 0 Å². The SMILES string of the molecule is Cc1ccc(Br)c(OCCO[Si](C)(C)C(C)(C)C)c1.O=C=O. The van der Waals surface area contributed by atoms with Crippen LogP contribution in [0.15, 0.2) is 22.7 Å². The van der Waals surface area contributed by atoms with Crippen LogP contribution < -0.4 is 4.74 Å². The maximum Gasteiger partial charge on any atom is 0.373 e. The van der Waals surface area contributed by atoms with Crippen molar-refractivity contribution in [3.05, 3.63) is 28.2 Å². The largest absolute Gasteiger partial charge is 0.490 e. The molecule has 0 spiro atoms. The molecule has 0 aliphatic rings. The molecule has 0 N–H and O–H groups in total. The zero-order valence-electron chi connectivity index (χ0n) is 14.2. The van der Waals surface area contributed by atoms with Gasteiger partial charge in [0, 0.05) is 0 Å². The van der Waals surface area contributed by atoms with E-state index in [-0.39, 0.29) is 11.2 Å². The Kier molecular flexibility index (Phi) is 8.86. The molecule has 124 valence electrons. The van der Waals surface area contributed by atoms with Crippen molar-refractivity contribution in [3.63, 3.8) is 0 Å². The van der Waals surface area contributed by atoms with Gasteiger partial charge >= 0.3 is 6.15 Å². The van der Waals surface area contributed by atoms with E-state index in [0.29, 0.717) is 13.2 Å². The maximum atomic E-state index is 8.12. The molecule has 0 unspecified atom stereocenters. The summed E-state index contributed by atoms with van der Waals surface area (Å²) in [5.41, 5.74) is 1.20. The third kappa shape index (κ3) is 7.36. The van der Waals surface area contributed by atoms with Crippen molar-refractivity contribution in [2.75, 3.05) is 13.2 Å². The van der Waals surface area contributed by atoms with Crippen LogP contribution in [0, 0.1) is 6.92 Å². The van der Waals surface area contributed by atoms with Crippen LogP contribution in [0.2, 0.25) is 18.1 Å². The van der Waals surface area contributed by atoms with E-state index in [0.717, 1.165) is 10.2 Å². The van der Waals surface area contributed by atoms with Crippen molar-refractivity contribution in [1.82, 2.24) is 0 Å². The Morgan fingerprint density at radius 2 is 1.73 bits per heavy atom. The van der Waals surface area contributed by atoms with Gasteiger partial charge in [0.25, 0.3) is 0 Å². The zero-order valence-corrected chi connectivity index (χ0v) is 16.7. The van der Waals surface area contributed by atoms with E-state index in [4.69, 9.17) is 18.8 Å². The van der Waals surface area contributed by atoms with Crippen LogP contribution in [-0.4, -0.2) is 27.7 Å². The second kappa shape index (κ2) is 9.25. The van der Waals surface area contributed by atoms with E-state index < -0.39 is 8.32 Å². The van der Waals surface area contributed by atoms with E-state index in [2.05, 4.69) is 62.8 Å². The van der Waals surface area contributed by atoms with Crippen molar-refractivity contribution in [1.29, 1.82) is 0 Å². The molecule has 0 atom stereocenters. The minimum absolute atomic E-state index is 0.247. The molecule has 0 bridgehead atoms. The molecule has 1 aromatic rings. The fourth-order valence-electron chi connectivity index (χ4n) is 1.39. The van der Waals surface area contributed by atoms with E-state index in [1.807, 2.05) is 12.1 Å². The fraction of sp³-hybridized carbons (Fsp3) is 0.562. The number of aryl methyl sites for hydroxylation is 1. The predicted molar refractivity (Wildman–Crippen MR) is 92.5 cm³/mol. The topological polar surface area (TPSA) is 52.6 Å². The van der Waals surface area contributed by atoms with Crippen LogP contribution in [0.1, 0.15) is 26.3 Å². The van der Waals surface area contributed by atoms with Gasteiger partial charge in [-0.15, -0.1) is 0 Å². The van der Waals surface area contributed by atoms with Gasteiger partial charge < -0.3 is 9.16 Å². The minimum Gasteiger partial charge on any atom is -0.490 e. The zero-order chi connectivity index (χ0) is 17.4. The molecular formula is C16H25BrO4Si. The number of carbonyl (C=O) groups excluding carboxylic acids is 2. The van der Waals surface area contributed by atoms with Gasteiger partial charge in [-0.3, -0.25) is 0 Å². The Morgan fingerprint density at radius 3 is 2.23 bits per heavy atom. The summed E-state index contributed by atoms with van der Waals surface area (Å²) in [5.74, 6) is 0.888. The monoisotopic (exact) mass is 388 g/mol. The first-order valence-electron chi connectivity index (χ1n) is 7.07. The third-order valence-electron chi connectivity index (χ3n) is 3.70. The molecule has 0 fully saturated rings. The molecule has 0 aromatic heterocycles. The van der Waals surface area contributed by atoms with Crippen LogP contribution in [0.5, 0.6) is 5.75 Å². The molecule has 0 radical (unpaired) electrons. The summed E-state index contributed by atoms with van der Waals surface area (Å²) in [7, 11) is -1.66. The lowest BCUT2D eigenvalue weighted by Gasteiger charge is -2.36. The number of hydrogen-bond acceptors (Lipinski definition) is 4. The highest BCUT2D eigenvalue weighted by molar-refractivity contribution is 9.10. The van der Waals surface area contributed by atoms with Crippen LogP contribution in [0.25, 0.3) is 0 Å². The smallest absolute Gasteiger partial charge is 0.373 e. The highest BCUT2D eigenvalue weighted by atomic mass is 79.9. The Morgan fingerprint density at radius 1 is 1.18 bits per heavy atom. The Bertz CT molecular complexity index is 503. The van der Waals surface area contributed by atoms with Crippen molar-refractivity contribution >= 4 is 30.4 Å². The first-order valence-corrected chi connectivity index (χ1v) is 10.8. The summed E-state index contributed by atoms with van der Waals surface area (Å²) in [6, 6.07) is 6.11. The molecule has 4 nitrogen and oxygen atoms in total. The second-order valence-corrected chi connectivity index (χ2v) is 12.1. The van der Waals surface area contributed by atoms with Crippen LogP contribution in [-0.2, 0) is 14.0 Å². The van der Waals surface area contributed by atoms with Crippen LogP contribution >= 0.6 is 15.9 Å². The average molecular weight is 389 g/mol. The van der Waals surface area contributed by atoms with Gasteiger partial charge in [-0.05, 0) is 58.7 Å². The first kappa shape index (κ1) is 21.1. The summed E-state index contributed by atoms with van der Waals surface area (Å²) < 4.78 is 12.9. The predicted octanol–water partition coefficient (Wildman–Crippen LogP) is 4.57. The average Bonchev–Trinajstić information content (AvgIpc) is 2.38. The highest BCUT2D eigenvalue weighted by Crippen LogP contribution is 2.36. The molecule has 22 heavy (non-hydrogen) atoms. The molecular weight excluding hydrogens is 364 g/mol. The van der Waals surface area contributed by atoms with Gasteiger partial charge in [-0.1, -0.05) is 26.8 Å². The van der Waals surface area contributed by atoms with E-state index in [9.17, 15) is 0 Å². The Hall–Kier alpha value is -0.943. The quantitative estimate of drug-likeness (QED) is 0.547. The lowest BCUT2D eigenvalue weighted by Crippen LogP contribution is -2.41. The van der Waals surface area contributed by atoms with Crippen molar-refractivity contribution in [2.24, 2.45) is 0 Å². The van der Waals surface area contributed by atoms with Crippen molar-refractivity contribution < 1.29 is 18.8 Å². The minimum atomic E-state index is -1.66. The molecule has 0 heterocycles. The summed E-state index contributed by atoms with van der Waals surface area (Å²) in [6.07, 6.45) is 0.250. The van der Waals surface area contributed by atoms with E-state index in [1.54, 1.807) is 0 Å². The van der Waals surface area contributed by atoms with Crippen LogP contribution in [0.4, 0.5) is 0 Å². The van der Waals surface area contributed by atoms with Gasteiger partial charge in [-0.25, -0.2) is 0 Å². The Labute approximate surface area is 142 Å². The molecule has 0 aliphatic carbocycles. The first-order chi connectivity index (χ1) is 10.0. The molecule has 1 rings (SSSR count). The summed E-state index contributed by atoms with van der Waals surface area (Å²) in [5, 5.41) is 0.247. The number of hydrogen-bond donors (Lipinski definition) is 0. The summed E-state index contributed by atoms with van der Waals surface area (Å²) >= 11 is 3.50. The molecule has 0 saturated carbocycles.